The quantitative estimate of drug-likeness (QED) is 0.357. The fraction of sp³-hybridized carbons (Fsp3) is 0.0909. The van der Waals surface area contributed by atoms with E-state index in [4.69, 9.17) is 17.0 Å². The molecule has 0 spiro atoms. The van der Waals surface area contributed by atoms with Gasteiger partial charge in [-0.2, -0.15) is 0 Å². The van der Waals surface area contributed by atoms with E-state index in [1.807, 2.05) is 78.9 Å². The van der Waals surface area contributed by atoms with E-state index in [2.05, 4.69) is 16.0 Å². The number of nitrogens with one attached hydrogen (secondary N) is 3. The highest BCUT2D eigenvalue weighted by Crippen LogP contribution is 2.25. The van der Waals surface area contributed by atoms with Crippen molar-refractivity contribution in [3.8, 4) is 5.75 Å². The standard InChI is InChI=1S/C22H21N3O2S2/c1-27-20-13-6-5-12-19(20)25-21(26)15-29-18-11-7-10-17(14-18)24-22(28)23-16-8-3-2-4-9-16/h2-14H,15H2,1H3,(H,25,26)(H2,23,24,28). The number of ether oxygens (including phenoxy) is 1. The largest absolute Gasteiger partial charge is 0.495 e. The Morgan fingerprint density at radius 3 is 2.38 bits per heavy atom. The lowest BCUT2D eigenvalue weighted by Crippen LogP contribution is -2.19. The van der Waals surface area contributed by atoms with E-state index < -0.39 is 0 Å². The molecule has 0 saturated heterocycles. The summed E-state index contributed by atoms with van der Waals surface area (Å²) in [5.74, 6) is 0.824. The number of hydrogen-bond donors (Lipinski definition) is 3. The maximum absolute atomic E-state index is 12.3. The van der Waals surface area contributed by atoms with Crippen molar-refractivity contribution in [2.45, 2.75) is 4.90 Å². The average molecular weight is 424 g/mol. The van der Waals surface area contributed by atoms with Crippen molar-refractivity contribution in [1.82, 2.24) is 0 Å². The van der Waals surface area contributed by atoms with Crippen LogP contribution in [-0.2, 0) is 4.79 Å². The number of thioether (sulfide) groups is 1. The van der Waals surface area contributed by atoms with E-state index in [0.717, 1.165) is 16.3 Å². The van der Waals surface area contributed by atoms with E-state index in [1.165, 1.54) is 11.8 Å². The number of rotatable bonds is 7. The Labute approximate surface area is 179 Å². The third kappa shape index (κ3) is 6.51. The van der Waals surface area contributed by atoms with Gasteiger partial charge in [-0.15, -0.1) is 11.8 Å². The number of methoxy groups -OCH3 is 1. The van der Waals surface area contributed by atoms with Gasteiger partial charge >= 0.3 is 0 Å². The van der Waals surface area contributed by atoms with Gasteiger partial charge in [0.1, 0.15) is 5.75 Å². The van der Waals surface area contributed by atoms with Crippen LogP contribution in [0.4, 0.5) is 17.1 Å². The van der Waals surface area contributed by atoms with Crippen LogP contribution >= 0.6 is 24.0 Å². The van der Waals surface area contributed by atoms with Crippen molar-refractivity contribution in [3.63, 3.8) is 0 Å². The van der Waals surface area contributed by atoms with Crippen LogP contribution in [0.3, 0.4) is 0 Å². The van der Waals surface area contributed by atoms with Gasteiger partial charge in [0.25, 0.3) is 0 Å². The number of amides is 1. The summed E-state index contributed by atoms with van der Waals surface area (Å²) in [5, 5.41) is 9.68. The summed E-state index contributed by atoms with van der Waals surface area (Å²) < 4.78 is 5.26. The van der Waals surface area contributed by atoms with E-state index in [0.29, 0.717) is 16.5 Å². The number of benzene rings is 3. The SMILES string of the molecule is COc1ccccc1NC(=O)CSc1cccc(NC(=S)Nc2ccccc2)c1. The Balaban J connectivity index is 1.53. The lowest BCUT2D eigenvalue weighted by molar-refractivity contribution is -0.113. The molecule has 5 nitrogen and oxygen atoms in total. The van der Waals surface area contributed by atoms with E-state index in [1.54, 1.807) is 7.11 Å². The summed E-state index contributed by atoms with van der Waals surface area (Å²) in [5.41, 5.74) is 2.44. The fourth-order valence-electron chi connectivity index (χ4n) is 2.56. The van der Waals surface area contributed by atoms with Gasteiger partial charge in [0.05, 0.1) is 18.6 Å². The van der Waals surface area contributed by atoms with Crippen molar-refractivity contribution < 1.29 is 9.53 Å². The molecule has 148 valence electrons. The van der Waals surface area contributed by atoms with Crippen LogP contribution in [0.25, 0.3) is 0 Å². The lowest BCUT2D eigenvalue weighted by Gasteiger charge is -2.12. The average Bonchev–Trinajstić information content (AvgIpc) is 2.73. The Hall–Kier alpha value is -3.03. The number of carbonyl (C=O) groups is 1. The molecule has 29 heavy (non-hydrogen) atoms. The van der Waals surface area contributed by atoms with Crippen LogP contribution in [0.1, 0.15) is 0 Å². The molecule has 3 N–H and O–H groups in total. The zero-order chi connectivity index (χ0) is 20.5. The predicted octanol–water partition coefficient (Wildman–Crippen LogP) is 5.23. The van der Waals surface area contributed by atoms with E-state index in [-0.39, 0.29) is 11.7 Å². The van der Waals surface area contributed by atoms with Crippen LogP contribution in [0.2, 0.25) is 0 Å². The second-order valence-corrected chi connectivity index (χ2v) is 7.47. The molecular weight excluding hydrogens is 402 g/mol. The maximum Gasteiger partial charge on any atom is 0.234 e. The number of thiocarbonyl (C=S) groups is 1. The van der Waals surface area contributed by atoms with Gasteiger partial charge in [-0.3, -0.25) is 4.79 Å². The Morgan fingerprint density at radius 1 is 0.897 bits per heavy atom. The second kappa shape index (κ2) is 10.5. The Bertz CT molecular complexity index is 981. The summed E-state index contributed by atoms with van der Waals surface area (Å²) in [7, 11) is 1.58. The molecule has 0 heterocycles. The second-order valence-electron chi connectivity index (χ2n) is 6.01. The summed E-state index contributed by atoms with van der Waals surface area (Å²) in [6.07, 6.45) is 0. The van der Waals surface area contributed by atoms with Crippen molar-refractivity contribution in [2.75, 3.05) is 28.8 Å². The highest BCUT2D eigenvalue weighted by Gasteiger charge is 2.08. The van der Waals surface area contributed by atoms with Gasteiger partial charge in [0, 0.05) is 16.3 Å². The predicted molar refractivity (Wildman–Crippen MR) is 125 cm³/mol. The van der Waals surface area contributed by atoms with Crippen LogP contribution in [0, 0.1) is 0 Å². The van der Waals surface area contributed by atoms with Crippen LogP contribution < -0.4 is 20.7 Å². The minimum absolute atomic E-state index is 0.0980. The zero-order valence-corrected chi connectivity index (χ0v) is 17.5. The molecule has 0 atom stereocenters. The normalized spacial score (nSPS) is 10.1. The number of para-hydroxylation sites is 3. The minimum Gasteiger partial charge on any atom is -0.495 e. The first-order valence-corrected chi connectivity index (χ1v) is 10.3. The molecule has 0 bridgehead atoms. The number of anilines is 3. The number of hydrogen-bond acceptors (Lipinski definition) is 4. The van der Waals surface area contributed by atoms with E-state index >= 15 is 0 Å². The van der Waals surface area contributed by atoms with Crippen molar-refractivity contribution in [1.29, 1.82) is 0 Å². The van der Waals surface area contributed by atoms with Crippen LogP contribution in [0.5, 0.6) is 5.75 Å². The van der Waals surface area contributed by atoms with Gasteiger partial charge in [0.15, 0.2) is 5.11 Å². The molecule has 0 aromatic heterocycles. The molecule has 0 saturated carbocycles. The Morgan fingerprint density at radius 2 is 1.59 bits per heavy atom. The highest BCUT2D eigenvalue weighted by atomic mass is 32.2. The molecule has 0 aliphatic carbocycles. The van der Waals surface area contributed by atoms with Crippen molar-refractivity contribution in [2.24, 2.45) is 0 Å². The van der Waals surface area contributed by atoms with Crippen molar-refractivity contribution in [3.05, 3.63) is 78.9 Å². The van der Waals surface area contributed by atoms with Crippen LogP contribution in [0.15, 0.2) is 83.8 Å². The third-order valence-electron chi connectivity index (χ3n) is 3.87. The van der Waals surface area contributed by atoms with Crippen LogP contribution in [-0.4, -0.2) is 23.9 Å². The van der Waals surface area contributed by atoms with Crippen molar-refractivity contribution >= 4 is 52.1 Å². The smallest absolute Gasteiger partial charge is 0.234 e. The summed E-state index contributed by atoms with van der Waals surface area (Å²) in [6, 6.07) is 24.8. The summed E-state index contributed by atoms with van der Waals surface area (Å²) in [6.45, 7) is 0. The summed E-state index contributed by atoms with van der Waals surface area (Å²) >= 11 is 6.81. The lowest BCUT2D eigenvalue weighted by atomic mass is 10.3. The van der Waals surface area contributed by atoms with E-state index in [9.17, 15) is 4.79 Å². The molecule has 0 unspecified atom stereocenters. The first-order valence-electron chi connectivity index (χ1n) is 8.93. The molecule has 3 aromatic rings. The molecular formula is C22H21N3O2S2. The topological polar surface area (TPSA) is 62.4 Å². The number of carbonyl (C=O) groups excluding carboxylic acids is 1. The molecule has 0 fully saturated rings. The molecule has 3 aromatic carbocycles. The van der Waals surface area contributed by atoms with Gasteiger partial charge in [-0.1, -0.05) is 36.4 Å². The molecule has 1 amide bonds. The zero-order valence-electron chi connectivity index (χ0n) is 15.8. The van der Waals surface area contributed by atoms with Gasteiger partial charge in [0.2, 0.25) is 5.91 Å². The molecule has 0 radical (unpaired) electrons. The maximum atomic E-state index is 12.3. The van der Waals surface area contributed by atoms with Gasteiger partial charge in [-0.25, -0.2) is 0 Å². The Kier molecular flexibility index (Phi) is 7.49. The summed E-state index contributed by atoms with van der Waals surface area (Å²) in [4.78, 5) is 13.3. The van der Waals surface area contributed by atoms with Gasteiger partial charge in [-0.05, 0) is 54.7 Å². The monoisotopic (exact) mass is 423 g/mol. The minimum atomic E-state index is -0.0980. The fourth-order valence-corrected chi connectivity index (χ4v) is 3.55. The van der Waals surface area contributed by atoms with Gasteiger partial charge < -0.3 is 20.7 Å². The third-order valence-corrected chi connectivity index (χ3v) is 5.07. The molecule has 3 rings (SSSR count). The highest BCUT2D eigenvalue weighted by molar-refractivity contribution is 8.00. The first-order chi connectivity index (χ1) is 14.1. The molecule has 0 aliphatic heterocycles. The molecule has 7 heteroatoms. The first kappa shape index (κ1) is 20.7. The molecule has 0 aliphatic rings.